The van der Waals surface area contributed by atoms with E-state index in [9.17, 15) is 14.4 Å². The fourth-order valence-corrected chi connectivity index (χ4v) is 3.02. The van der Waals surface area contributed by atoms with Crippen molar-refractivity contribution < 1.29 is 23.9 Å². The maximum absolute atomic E-state index is 12.5. The van der Waals surface area contributed by atoms with Crippen LogP contribution < -0.4 is 20.1 Å². The van der Waals surface area contributed by atoms with E-state index >= 15 is 0 Å². The summed E-state index contributed by atoms with van der Waals surface area (Å²) in [5.41, 5.74) is 0.541. The van der Waals surface area contributed by atoms with Crippen LogP contribution in [0.3, 0.4) is 0 Å². The number of amides is 5. The van der Waals surface area contributed by atoms with E-state index < -0.39 is 6.03 Å². The van der Waals surface area contributed by atoms with E-state index in [0.717, 1.165) is 0 Å². The Balaban J connectivity index is 1.65. The molecule has 1 atom stereocenters. The highest BCUT2D eigenvalue weighted by molar-refractivity contribution is 6.02. The molecule has 9 heteroatoms. The molecule has 2 saturated heterocycles. The van der Waals surface area contributed by atoms with Gasteiger partial charge in [-0.2, -0.15) is 0 Å². The highest BCUT2D eigenvalue weighted by Crippen LogP contribution is 2.26. The first-order valence-electron chi connectivity index (χ1n) is 7.90. The van der Waals surface area contributed by atoms with Crippen molar-refractivity contribution in [1.82, 2.24) is 15.1 Å². The zero-order valence-corrected chi connectivity index (χ0v) is 14.1. The molecule has 0 spiro atoms. The predicted molar refractivity (Wildman–Crippen MR) is 88.8 cm³/mol. The Morgan fingerprint density at radius 1 is 1.20 bits per heavy atom. The van der Waals surface area contributed by atoms with Crippen LogP contribution in [-0.4, -0.2) is 67.7 Å². The van der Waals surface area contributed by atoms with E-state index in [-0.39, 0.29) is 24.5 Å². The number of hydrogen-bond acceptors (Lipinski definition) is 5. The third kappa shape index (κ3) is 3.44. The van der Waals surface area contributed by atoms with E-state index in [4.69, 9.17) is 9.47 Å². The summed E-state index contributed by atoms with van der Waals surface area (Å²) in [5, 5.41) is 5.29. The molecule has 5 amide bonds. The molecular formula is C16H20N4O5. The first-order chi connectivity index (χ1) is 12.0. The van der Waals surface area contributed by atoms with Crippen molar-refractivity contribution in [1.29, 1.82) is 0 Å². The van der Waals surface area contributed by atoms with Gasteiger partial charge in [-0.3, -0.25) is 9.69 Å². The number of rotatable bonds is 4. The third-order valence-electron chi connectivity index (χ3n) is 4.30. The van der Waals surface area contributed by atoms with E-state index in [2.05, 4.69) is 10.6 Å². The van der Waals surface area contributed by atoms with Crippen LogP contribution in [0.25, 0.3) is 0 Å². The molecule has 9 nitrogen and oxygen atoms in total. The van der Waals surface area contributed by atoms with Gasteiger partial charge in [-0.05, 0) is 6.42 Å². The number of anilines is 1. The van der Waals surface area contributed by atoms with Crippen LogP contribution in [0.15, 0.2) is 18.2 Å². The van der Waals surface area contributed by atoms with Gasteiger partial charge in [0, 0.05) is 37.0 Å². The number of benzene rings is 1. The van der Waals surface area contributed by atoms with Gasteiger partial charge in [0.2, 0.25) is 5.91 Å². The minimum atomic E-state index is -0.394. The summed E-state index contributed by atoms with van der Waals surface area (Å²) in [5.74, 6) is 0.872. The Labute approximate surface area is 144 Å². The SMILES string of the molecule is COc1cc(NC(=O)N2CCC(N3C(=O)CNC3=O)C2)cc(OC)c1. The second-order valence-corrected chi connectivity index (χ2v) is 5.84. The molecule has 3 rings (SSSR count). The van der Waals surface area contributed by atoms with Gasteiger partial charge in [-0.25, -0.2) is 9.59 Å². The van der Waals surface area contributed by atoms with Gasteiger partial charge < -0.3 is 25.0 Å². The zero-order valence-electron chi connectivity index (χ0n) is 14.1. The van der Waals surface area contributed by atoms with Gasteiger partial charge in [0.05, 0.1) is 26.8 Å². The second-order valence-electron chi connectivity index (χ2n) is 5.84. The topological polar surface area (TPSA) is 100 Å². The molecule has 2 fully saturated rings. The average molecular weight is 348 g/mol. The van der Waals surface area contributed by atoms with Crippen molar-refractivity contribution in [3.8, 4) is 11.5 Å². The van der Waals surface area contributed by atoms with Crippen molar-refractivity contribution in [2.75, 3.05) is 39.2 Å². The Morgan fingerprint density at radius 2 is 1.88 bits per heavy atom. The molecule has 1 aromatic carbocycles. The van der Waals surface area contributed by atoms with Gasteiger partial charge in [0.15, 0.2) is 0 Å². The number of carbonyl (C=O) groups is 3. The molecule has 0 radical (unpaired) electrons. The first-order valence-corrected chi connectivity index (χ1v) is 7.90. The van der Waals surface area contributed by atoms with Crippen LogP contribution in [0.2, 0.25) is 0 Å². The molecule has 25 heavy (non-hydrogen) atoms. The maximum atomic E-state index is 12.5. The van der Waals surface area contributed by atoms with Crippen molar-refractivity contribution in [3.05, 3.63) is 18.2 Å². The highest BCUT2D eigenvalue weighted by atomic mass is 16.5. The number of likely N-dealkylation sites (tertiary alicyclic amines) is 1. The summed E-state index contributed by atoms with van der Waals surface area (Å²) < 4.78 is 10.4. The Morgan fingerprint density at radius 3 is 2.44 bits per heavy atom. The number of nitrogens with one attached hydrogen (secondary N) is 2. The zero-order chi connectivity index (χ0) is 18.0. The van der Waals surface area contributed by atoms with Crippen LogP contribution in [0.4, 0.5) is 15.3 Å². The van der Waals surface area contributed by atoms with E-state index in [1.54, 1.807) is 23.1 Å². The minimum Gasteiger partial charge on any atom is -0.497 e. The number of nitrogens with zero attached hydrogens (tertiary/aromatic N) is 2. The lowest BCUT2D eigenvalue weighted by Gasteiger charge is -2.22. The molecule has 0 saturated carbocycles. The summed E-state index contributed by atoms with van der Waals surface area (Å²) in [6.45, 7) is 0.798. The van der Waals surface area contributed by atoms with Crippen molar-refractivity contribution in [3.63, 3.8) is 0 Å². The highest BCUT2D eigenvalue weighted by Gasteiger charge is 2.39. The van der Waals surface area contributed by atoms with Crippen molar-refractivity contribution in [2.24, 2.45) is 0 Å². The average Bonchev–Trinajstić information content (AvgIpc) is 3.21. The molecule has 2 heterocycles. The molecule has 2 N–H and O–H groups in total. The summed E-state index contributed by atoms with van der Waals surface area (Å²) in [4.78, 5) is 38.8. The second kappa shape index (κ2) is 6.88. The normalized spacial score (nSPS) is 19.8. The molecule has 0 aliphatic carbocycles. The van der Waals surface area contributed by atoms with Gasteiger partial charge in [-0.15, -0.1) is 0 Å². The Kier molecular flexibility index (Phi) is 4.64. The number of carbonyl (C=O) groups excluding carboxylic acids is 3. The number of urea groups is 2. The van der Waals surface area contributed by atoms with Crippen LogP contribution in [-0.2, 0) is 4.79 Å². The lowest BCUT2D eigenvalue weighted by atomic mass is 10.2. The summed E-state index contributed by atoms with van der Waals surface area (Å²) in [6, 6.07) is 4.09. The van der Waals surface area contributed by atoms with Gasteiger partial charge in [0.25, 0.3) is 0 Å². The summed E-state index contributed by atoms with van der Waals surface area (Å²) in [7, 11) is 3.06. The number of hydrogen-bond donors (Lipinski definition) is 2. The fraction of sp³-hybridized carbons (Fsp3) is 0.438. The Bertz CT molecular complexity index is 670. The van der Waals surface area contributed by atoms with Crippen molar-refractivity contribution >= 4 is 23.7 Å². The molecule has 0 aromatic heterocycles. The van der Waals surface area contributed by atoms with Gasteiger partial charge >= 0.3 is 12.1 Å². The van der Waals surface area contributed by atoms with Crippen LogP contribution in [0.5, 0.6) is 11.5 Å². The van der Waals surface area contributed by atoms with E-state index in [0.29, 0.717) is 36.7 Å². The molecule has 134 valence electrons. The van der Waals surface area contributed by atoms with E-state index in [1.165, 1.54) is 19.1 Å². The third-order valence-corrected chi connectivity index (χ3v) is 4.30. The smallest absolute Gasteiger partial charge is 0.324 e. The minimum absolute atomic E-state index is 0.0190. The standard InChI is InChI=1S/C16H20N4O5/c1-24-12-5-10(6-13(7-12)25-2)18-16(23)19-4-3-11(9-19)20-14(21)8-17-15(20)22/h5-7,11H,3-4,8-9H2,1-2H3,(H,17,22)(H,18,23). The van der Waals surface area contributed by atoms with E-state index in [1.807, 2.05) is 0 Å². The summed E-state index contributed by atoms with van der Waals surface area (Å²) >= 11 is 0. The quantitative estimate of drug-likeness (QED) is 0.786. The molecule has 0 bridgehead atoms. The monoisotopic (exact) mass is 348 g/mol. The first kappa shape index (κ1) is 16.9. The van der Waals surface area contributed by atoms with Crippen molar-refractivity contribution in [2.45, 2.75) is 12.5 Å². The fourth-order valence-electron chi connectivity index (χ4n) is 3.02. The largest absolute Gasteiger partial charge is 0.497 e. The Hall–Kier alpha value is -2.97. The molecule has 2 aliphatic rings. The lowest BCUT2D eigenvalue weighted by molar-refractivity contribution is -0.126. The molecule has 1 unspecified atom stereocenters. The number of imide groups is 1. The number of methoxy groups -OCH3 is 2. The predicted octanol–water partition coefficient (Wildman–Crippen LogP) is 0.862. The summed E-state index contributed by atoms with van der Waals surface area (Å²) in [6.07, 6.45) is 0.564. The maximum Gasteiger partial charge on any atom is 0.324 e. The van der Waals surface area contributed by atoms with Gasteiger partial charge in [0.1, 0.15) is 11.5 Å². The lowest BCUT2D eigenvalue weighted by Crippen LogP contribution is -2.43. The van der Waals surface area contributed by atoms with Crippen LogP contribution >= 0.6 is 0 Å². The number of ether oxygens (including phenoxy) is 2. The van der Waals surface area contributed by atoms with Crippen LogP contribution in [0, 0.1) is 0 Å². The van der Waals surface area contributed by atoms with Crippen LogP contribution in [0.1, 0.15) is 6.42 Å². The van der Waals surface area contributed by atoms with Gasteiger partial charge in [-0.1, -0.05) is 0 Å². The molecular weight excluding hydrogens is 328 g/mol. The molecule has 2 aliphatic heterocycles. The molecule has 1 aromatic rings.